The summed E-state index contributed by atoms with van der Waals surface area (Å²) in [5, 5.41) is 1.15. The van der Waals surface area contributed by atoms with Crippen LogP contribution >= 0.6 is 0 Å². The lowest BCUT2D eigenvalue weighted by Gasteiger charge is -2.36. The van der Waals surface area contributed by atoms with E-state index in [1.807, 2.05) is 6.07 Å². The molecule has 3 heterocycles. The van der Waals surface area contributed by atoms with E-state index >= 15 is 0 Å². The van der Waals surface area contributed by atoms with Gasteiger partial charge in [0.15, 0.2) is 0 Å². The van der Waals surface area contributed by atoms with Gasteiger partial charge < -0.3 is 14.0 Å². The van der Waals surface area contributed by atoms with Crippen molar-refractivity contribution in [3.63, 3.8) is 0 Å². The van der Waals surface area contributed by atoms with Crippen LogP contribution in [0.25, 0.3) is 10.9 Å². The molecule has 29 heavy (non-hydrogen) atoms. The highest BCUT2D eigenvalue weighted by Gasteiger charge is 2.34. The van der Waals surface area contributed by atoms with Gasteiger partial charge in [0, 0.05) is 44.3 Å². The SMILES string of the molecule is O=S(=O)(N1CCOCC1)N1CCC(Oc2cccc3c2ccn3CC2CC2)CC1. The van der Waals surface area contributed by atoms with E-state index in [0.717, 1.165) is 23.6 Å². The summed E-state index contributed by atoms with van der Waals surface area (Å²) in [7, 11) is -3.39. The highest BCUT2D eigenvalue weighted by molar-refractivity contribution is 7.86. The van der Waals surface area contributed by atoms with E-state index in [1.165, 1.54) is 18.4 Å². The van der Waals surface area contributed by atoms with Crippen LogP contribution in [0.5, 0.6) is 5.75 Å². The molecule has 0 amide bonds. The Bertz CT molecular complexity index is 955. The van der Waals surface area contributed by atoms with Crippen LogP contribution in [0, 0.1) is 5.92 Å². The lowest BCUT2D eigenvalue weighted by molar-refractivity contribution is 0.0677. The summed E-state index contributed by atoms with van der Waals surface area (Å²) in [6.45, 7) is 3.93. The molecule has 1 saturated carbocycles. The van der Waals surface area contributed by atoms with Gasteiger partial charge in [0.05, 0.1) is 18.7 Å². The van der Waals surface area contributed by atoms with Crippen molar-refractivity contribution < 1.29 is 17.9 Å². The Morgan fingerprint density at radius 2 is 1.69 bits per heavy atom. The maximum atomic E-state index is 12.8. The molecule has 3 fully saturated rings. The molecule has 1 aliphatic carbocycles. The highest BCUT2D eigenvalue weighted by Crippen LogP contribution is 2.34. The molecule has 5 rings (SSSR count). The Morgan fingerprint density at radius 3 is 2.41 bits per heavy atom. The standard InChI is InChI=1S/C21H29N3O4S/c25-29(26,24-12-14-27-15-13-24)23-10-6-18(7-11-23)28-21-3-1-2-20-19(21)8-9-22(20)16-17-4-5-17/h1-3,8-9,17-18H,4-7,10-16H2. The van der Waals surface area contributed by atoms with E-state index in [9.17, 15) is 8.42 Å². The summed E-state index contributed by atoms with van der Waals surface area (Å²) in [6, 6.07) is 8.38. The zero-order valence-electron chi connectivity index (χ0n) is 16.7. The van der Waals surface area contributed by atoms with Crippen molar-refractivity contribution in [2.24, 2.45) is 5.92 Å². The number of aromatic nitrogens is 1. The van der Waals surface area contributed by atoms with Crippen LogP contribution in [-0.2, 0) is 21.5 Å². The molecule has 2 aliphatic heterocycles. The van der Waals surface area contributed by atoms with Gasteiger partial charge in [-0.2, -0.15) is 17.0 Å². The lowest BCUT2D eigenvalue weighted by Crippen LogP contribution is -2.51. The quantitative estimate of drug-likeness (QED) is 0.722. The summed E-state index contributed by atoms with van der Waals surface area (Å²) in [5.74, 6) is 1.74. The molecule has 2 aromatic rings. The first-order chi connectivity index (χ1) is 14.1. The molecule has 0 N–H and O–H groups in total. The van der Waals surface area contributed by atoms with Gasteiger partial charge in [-0.25, -0.2) is 0 Å². The second kappa shape index (κ2) is 7.91. The number of nitrogens with zero attached hydrogens (tertiary/aromatic N) is 3. The predicted octanol–water partition coefficient (Wildman–Crippen LogP) is 2.47. The van der Waals surface area contributed by atoms with Gasteiger partial charge in [-0.3, -0.25) is 0 Å². The molecule has 8 heteroatoms. The molecule has 1 aromatic heterocycles. The predicted molar refractivity (Wildman–Crippen MR) is 111 cm³/mol. The van der Waals surface area contributed by atoms with Gasteiger partial charge in [0.1, 0.15) is 11.9 Å². The van der Waals surface area contributed by atoms with E-state index < -0.39 is 10.2 Å². The van der Waals surface area contributed by atoms with Crippen LogP contribution < -0.4 is 4.74 Å². The molecular formula is C21H29N3O4S. The van der Waals surface area contributed by atoms with Crippen molar-refractivity contribution in [2.75, 3.05) is 39.4 Å². The van der Waals surface area contributed by atoms with Crippen molar-refractivity contribution in [2.45, 2.75) is 38.3 Å². The molecular weight excluding hydrogens is 390 g/mol. The maximum Gasteiger partial charge on any atom is 0.282 e. The minimum absolute atomic E-state index is 0.0449. The minimum atomic E-state index is -3.39. The second-order valence-electron chi connectivity index (χ2n) is 8.34. The average molecular weight is 420 g/mol. The van der Waals surface area contributed by atoms with Crippen LogP contribution in [0.3, 0.4) is 0 Å². The molecule has 0 spiro atoms. The van der Waals surface area contributed by atoms with Gasteiger partial charge in [0.25, 0.3) is 10.2 Å². The van der Waals surface area contributed by atoms with Crippen molar-refractivity contribution in [3.05, 3.63) is 30.5 Å². The number of fused-ring (bicyclic) bond motifs is 1. The van der Waals surface area contributed by atoms with Gasteiger partial charge in [0.2, 0.25) is 0 Å². The number of morpholine rings is 1. The Hall–Kier alpha value is -1.61. The third-order valence-electron chi connectivity index (χ3n) is 6.24. The fourth-order valence-electron chi connectivity index (χ4n) is 4.34. The molecule has 1 aromatic carbocycles. The minimum Gasteiger partial charge on any atom is -0.490 e. The fourth-order valence-corrected chi connectivity index (χ4v) is 5.95. The van der Waals surface area contributed by atoms with Crippen molar-refractivity contribution in [1.29, 1.82) is 0 Å². The molecule has 0 unspecified atom stereocenters. The first-order valence-electron chi connectivity index (χ1n) is 10.7. The molecule has 7 nitrogen and oxygen atoms in total. The number of piperidine rings is 1. The number of hydrogen-bond donors (Lipinski definition) is 0. The van der Waals surface area contributed by atoms with Gasteiger partial charge >= 0.3 is 0 Å². The topological polar surface area (TPSA) is 64.0 Å². The van der Waals surface area contributed by atoms with Crippen molar-refractivity contribution >= 4 is 21.1 Å². The third-order valence-corrected chi connectivity index (χ3v) is 8.28. The Labute approximate surface area is 172 Å². The second-order valence-corrected chi connectivity index (χ2v) is 10.3. The van der Waals surface area contributed by atoms with E-state index in [2.05, 4.69) is 29.0 Å². The number of benzene rings is 1. The summed E-state index contributed by atoms with van der Waals surface area (Å²) in [4.78, 5) is 0. The summed E-state index contributed by atoms with van der Waals surface area (Å²) >= 11 is 0. The average Bonchev–Trinajstić information content (AvgIpc) is 3.48. The molecule has 3 aliphatic rings. The Morgan fingerprint density at radius 1 is 0.966 bits per heavy atom. The molecule has 0 radical (unpaired) electrons. The fraction of sp³-hybridized carbons (Fsp3) is 0.619. The normalized spacial score (nSPS) is 22.9. The molecule has 158 valence electrons. The molecule has 0 bridgehead atoms. The van der Waals surface area contributed by atoms with Crippen LogP contribution in [0.4, 0.5) is 0 Å². The summed E-state index contributed by atoms with van der Waals surface area (Å²) in [6.07, 6.45) is 6.30. The van der Waals surface area contributed by atoms with Crippen LogP contribution in [0.2, 0.25) is 0 Å². The number of ether oxygens (including phenoxy) is 2. The molecule has 2 saturated heterocycles. The first kappa shape index (κ1) is 19.4. The van der Waals surface area contributed by atoms with E-state index in [4.69, 9.17) is 9.47 Å². The lowest BCUT2D eigenvalue weighted by atomic mass is 10.1. The summed E-state index contributed by atoms with van der Waals surface area (Å²) < 4.78 is 42.8. The van der Waals surface area contributed by atoms with E-state index in [1.54, 1.807) is 8.61 Å². The van der Waals surface area contributed by atoms with E-state index in [0.29, 0.717) is 52.2 Å². The van der Waals surface area contributed by atoms with Gasteiger partial charge in [-0.05, 0) is 49.8 Å². The summed E-state index contributed by atoms with van der Waals surface area (Å²) in [5.41, 5.74) is 1.22. The van der Waals surface area contributed by atoms with Crippen LogP contribution in [0.1, 0.15) is 25.7 Å². The Kier molecular flexibility index (Phi) is 5.28. The van der Waals surface area contributed by atoms with Gasteiger partial charge in [-0.15, -0.1) is 0 Å². The van der Waals surface area contributed by atoms with Gasteiger partial charge in [-0.1, -0.05) is 6.07 Å². The third kappa shape index (κ3) is 4.03. The molecule has 0 atom stereocenters. The Balaban J connectivity index is 1.23. The van der Waals surface area contributed by atoms with Crippen molar-refractivity contribution in [3.8, 4) is 5.75 Å². The zero-order valence-corrected chi connectivity index (χ0v) is 17.5. The van der Waals surface area contributed by atoms with Crippen molar-refractivity contribution in [1.82, 2.24) is 13.2 Å². The number of hydrogen-bond acceptors (Lipinski definition) is 4. The maximum absolute atomic E-state index is 12.8. The monoisotopic (exact) mass is 419 g/mol. The van der Waals surface area contributed by atoms with Crippen LogP contribution in [0.15, 0.2) is 30.5 Å². The van der Waals surface area contributed by atoms with E-state index in [-0.39, 0.29) is 6.10 Å². The first-order valence-corrected chi connectivity index (χ1v) is 12.1. The highest BCUT2D eigenvalue weighted by atomic mass is 32.2. The zero-order chi connectivity index (χ0) is 19.8. The largest absolute Gasteiger partial charge is 0.490 e. The van der Waals surface area contributed by atoms with Crippen LogP contribution in [-0.4, -0.2) is 67.1 Å². The smallest absolute Gasteiger partial charge is 0.282 e. The number of rotatable bonds is 6.